The van der Waals surface area contributed by atoms with Gasteiger partial charge in [0.25, 0.3) is 0 Å². The Balaban J connectivity index is 1.92. The van der Waals surface area contributed by atoms with Gasteiger partial charge in [-0.25, -0.2) is 13.6 Å². The van der Waals surface area contributed by atoms with Crippen molar-refractivity contribution < 1.29 is 31.5 Å². The minimum absolute atomic E-state index is 0.0908. The molecule has 5 nitrogen and oxygen atoms in total. The van der Waals surface area contributed by atoms with Gasteiger partial charge in [-0.3, -0.25) is 4.79 Å². The quantitative estimate of drug-likeness (QED) is 0.666. The van der Waals surface area contributed by atoms with Gasteiger partial charge in [0, 0.05) is 23.0 Å². The van der Waals surface area contributed by atoms with Crippen LogP contribution in [0.1, 0.15) is 17.2 Å². The molecule has 2 aromatic carbocycles. The van der Waals surface area contributed by atoms with Crippen LogP contribution in [-0.4, -0.2) is 11.9 Å². The van der Waals surface area contributed by atoms with E-state index in [4.69, 9.17) is 0 Å². The molecule has 29 heavy (non-hydrogen) atoms. The number of halogens is 5. The first-order valence-electron chi connectivity index (χ1n) is 8.25. The number of carbonyl (C=O) groups is 2. The smallest absolute Gasteiger partial charge is 0.330 e. The summed E-state index contributed by atoms with van der Waals surface area (Å²) in [6, 6.07) is 4.55. The van der Waals surface area contributed by atoms with Gasteiger partial charge < -0.3 is 16.0 Å². The molecule has 2 atom stereocenters. The predicted octanol–water partition coefficient (Wildman–Crippen LogP) is 4.11. The molecule has 1 fully saturated rings. The van der Waals surface area contributed by atoms with Gasteiger partial charge in [-0.05, 0) is 24.3 Å². The Morgan fingerprint density at radius 3 is 2.48 bits per heavy atom. The van der Waals surface area contributed by atoms with Crippen LogP contribution >= 0.6 is 0 Å². The van der Waals surface area contributed by atoms with Gasteiger partial charge in [-0.2, -0.15) is 13.2 Å². The van der Waals surface area contributed by atoms with Crippen molar-refractivity contribution in [1.82, 2.24) is 10.6 Å². The molecular weight excluding hydrogens is 397 g/mol. The number of carbonyl (C=O) groups excluding carboxylic acids is 2. The van der Waals surface area contributed by atoms with E-state index in [-0.39, 0.29) is 16.9 Å². The molecule has 1 heterocycles. The lowest BCUT2D eigenvalue weighted by Gasteiger charge is -2.34. The minimum atomic E-state index is -4.61. The van der Waals surface area contributed by atoms with Crippen LogP contribution in [0, 0.1) is 17.6 Å². The molecule has 10 heteroatoms. The molecule has 3 N–H and O–H groups in total. The highest BCUT2D eigenvalue weighted by Gasteiger charge is 2.39. The first-order chi connectivity index (χ1) is 13.6. The maximum atomic E-state index is 14.2. The Hall–Kier alpha value is -3.43. The SMILES string of the molecule is C=C1NC(=O)N[C@H](c2ccc(F)cc2F)[C@@H]1C(=O)Nc1cccc(C(F)(F)F)c1. The van der Waals surface area contributed by atoms with Crippen LogP contribution in [0.15, 0.2) is 54.7 Å². The number of benzene rings is 2. The average Bonchev–Trinajstić information content (AvgIpc) is 2.60. The summed E-state index contributed by atoms with van der Waals surface area (Å²) in [5.74, 6) is -3.96. The predicted molar refractivity (Wildman–Crippen MR) is 93.5 cm³/mol. The molecule has 0 aromatic heterocycles. The summed E-state index contributed by atoms with van der Waals surface area (Å²) in [5, 5.41) is 6.95. The van der Waals surface area contributed by atoms with Crippen molar-refractivity contribution in [3.05, 3.63) is 77.5 Å². The summed E-state index contributed by atoms with van der Waals surface area (Å²) in [6.07, 6.45) is -4.61. The second kappa shape index (κ2) is 7.53. The zero-order valence-electron chi connectivity index (χ0n) is 14.6. The van der Waals surface area contributed by atoms with Crippen molar-refractivity contribution in [3.8, 4) is 0 Å². The standard InChI is InChI=1S/C19H14F5N3O2/c1-9-15(17(28)26-12-4-2-3-10(7-12)19(22,23)24)16(27-18(29)25-9)13-6-5-11(20)8-14(13)21/h2-8,15-16H,1H2,(H,26,28)(H2,25,27,29)/t15-,16-/m1/s1. The number of hydrogen-bond acceptors (Lipinski definition) is 2. The van der Waals surface area contributed by atoms with Crippen molar-refractivity contribution >= 4 is 17.6 Å². The summed E-state index contributed by atoms with van der Waals surface area (Å²) >= 11 is 0. The molecule has 0 radical (unpaired) electrons. The molecule has 2 aromatic rings. The maximum Gasteiger partial charge on any atom is 0.416 e. The van der Waals surface area contributed by atoms with Crippen LogP contribution in [0.3, 0.4) is 0 Å². The summed E-state index contributed by atoms with van der Waals surface area (Å²) in [7, 11) is 0. The van der Waals surface area contributed by atoms with E-state index in [1.807, 2.05) is 0 Å². The molecule has 0 spiro atoms. The van der Waals surface area contributed by atoms with E-state index in [0.717, 1.165) is 30.3 Å². The van der Waals surface area contributed by atoms with Crippen molar-refractivity contribution in [2.24, 2.45) is 5.92 Å². The molecule has 152 valence electrons. The number of urea groups is 1. The van der Waals surface area contributed by atoms with E-state index in [1.165, 1.54) is 6.07 Å². The fourth-order valence-corrected chi connectivity index (χ4v) is 3.00. The third-order valence-electron chi connectivity index (χ3n) is 4.31. The Morgan fingerprint density at radius 2 is 1.83 bits per heavy atom. The molecule has 1 saturated heterocycles. The molecular formula is C19H14F5N3O2. The van der Waals surface area contributed by atoms with E-state index in [0.29, 0.717) is 6.07 Å². The third-order valence-corrected chi connectivity index (χ3v) is 4.31. The second-order valence-electron chi connectivity index (χ2n) is 6.31. The lowest BCUT2D eigenvalue weighted by Crippen LogP contribution is -2.52. The van der Waals surface area contributed by atoms with E-state index in [2.05, 4.69) is 22.5 Å². The molecule has 3 amide bonds. The summed E-state index contributed by atoms with van der Waals surface area (Å²) in [5.41, 5.74) is -1.38. The number of anilines is 1. The van der Waals surface area contributed by atoms with E-state index < -0.39 is 47.3 Å². The zero-order chi connectivity index (χ0) is 21.3. The third kappa shape index (κ3) is 4.36. The Morgan fingerprint density at radius 1 is 1.10 bits per heavy atom. The number of amides is 3. The molecule has 3 rings (SSSR count). The fraction of sp³-hybridized carbons (Fsp3) is 0.158. The van der Waals surface area contributed by atoms with Crippen LogP contribution < -0.4 is 16.0 Å². The molecule has 1 aliphatic heterocycles. The van der Waals surface area contributed by atoms with E-state index in [1.54, 1.807) is 0 Å². The van der Waals surface area contributed by atoms with Gasteiger partial charge in [0.1, 0.15) is 17.6 Å². The highest BCUT2D eigenvalue weighted by molar-refractivity contribution is 5.97. The van der Waals surface area contributed by atoms with Crippen molar-refractivity contribution in [2.45, 2.75) is 12.2 Å². The average molecular weight is 411 g/mol. The minimum Gasteiger partial charge on any atom is -0.330 e. The number of alkyl halides is 3. The Bertz CT molecular complexity index is 990. The summed E-state index contributed by atoms with van der Waals surface area (Å²) in [4.78, 5) is 24.5. The normalized spacial score (nSPS) is 19.3. The lowest BCUT2D eigenvalue weighted by molar-refractivity contribution is -0.137. The van der Waals surface area contributed by atoms with Crippen LogP contribution in [0.25, 0.3) is 0 Å². The Kier molecular flexibility index (Phi) is 5.27. The van der Waals surface area contributed by atoms with Gasteiger partial charge >= 0.3 is 12.2 Å². The second-order valence-corrected chi connectivity index (χ2v) is 6.31. The number of hydrogen-bond donors (Lipinski definition) is 3. The van der Waals surface area contributed by atoms with Crippen molar-refractivity contribution in [1.29, 1.82) is 0 Å². The largest absolute Gasteiger partial charge is 0.416 e. The van der Waals surface area contributed by atoms with Gasteiger partial charge in [-0.15, -0.1) is 0 Å². The van der Waals surface area contributed by atoms with E-state index >= 15 is 0 Å². The van der Waals surface area contributed by atoms with Crippen LogP contribution in [0.5, 0.6) is 0 Å². The monoisotopic (exact) mass is 411 g/mol. The van der Waals surface area contributed by atoms with E-state index in [9.17, 15) is 31.5 Å². The molecule has 0 bridgehead atoms. The highest BCUT2D eigenvalue weighted by atomic mass is 19.4. The first-order valence-corrected chi connectivity index (χ1v) is 8.25. The van der Waals surface area contributed by atoms with Gasteiger partial charge in [0.15, 0.2) is 0 Å². The molecule has 1 aliphatic rings. The van der Waals surface area contributed by atoms with Gasteiger partial charge in [0.2, 0.25) is 5.91 Å². The lowest BCUT2D eigenvalue weighted by atomic mass is 9.88. The fourth-order valence-electron chi connectivity index (χ4n) is 3.00. The van der Waals surface area contributed by atoms with Crippen LogP contribution in [-0.2, 0) is 11.0 Å². The number of rotatable bonds is 3. The summed E-state index contributed by atoms with van der Waals surface area (Å²) < 4.78 is 66.1. The van der Waals surface area contributed by atoms with Gasteiger partial charge in [0.05, 0.1) is 11.6 Å². The Labute approximate surface area is 161 Å². The van der Waals surface area contributed by atoms with Crippen molar-refractivity contribution in [3.63, 3.8) is 0 Å². The zero-order valence-corrected chi connectivity index (χ0v) is 14.6. The highest BCUT2D eigenvalue weighted by Crippen LogP contribution is 2.34. The van der Waals surface area contributed by atoms with Gasteiger partial charge in [-0.1, -0.05) is 18.7 Å². The first kappa shape index (κ1) is 20.3. The molecule has 0 unspecified atom stereocenters. The van der Waals surface area contributed by atoms with Crippen LogP contribution in [0.4, 0.5) is 32.4 Å². The number of nitrogens with one attached hydrogen (secondary N) is 3. The molecule has 0 aliphatic carbocycles. The van der Waals surface area contributed by atoms with Crippen LogP contribution in [0.2, 0.25) is 0 Å². The maximum absolute atomic E-state index is 14.2. The molecule has 0 saturated carbocycles. The summed E-state index contributed by atoms with van der Waals surface area (Å²) in [6.45, 7) is 3.58. The topological polar surface area (TPSA) is 70.2 Å². The van der Waals surface area contributed by atoms with Crippen molar-refractivity contribution in [2.75, 3.05) is 5.32 Å².